The third-order valence-electron chi connectivity index (χ3n) is 2.72. The lowest BCUT2D eigenvalue weighted by Gasteiger charge is -2.10. The molecule has 0 atom stereocenters. The van der Waals surface area contributed by atoms with Gasteiger partial charge in [-0.15, -0.1) is 0 Å². The van der Waals surface area contributed by atoms with Gasteiger partial charge in [0.2, 0.25) is 0 Å². The third kappa shape index (κ3) is 3.71. The van der Waals surface area contributed by atoms with Crippen LogP contribution in [0.3, 0.4) is 0 Å². The van der Waals surface area contributed by atoms with Gasteiger partial charge in [0, 0.05) is 6.07 Å². The Morgan fingerprint density at radius 3 is 2.33 bits per heavy atom. The Balaban J connectivity index is 2.25. The molecular formula is C14H10F3NO3. The standard InChI is InChI=1S/C14H10F3NO3/c15-14(16,17)11-6-7-13(12(8-11)18(19)20)21-9-10-4-2-1-3-5-10/h1-8H,9H2. The van der Waals surface area contributed by atoms with Gasteiger partial charge >= 0.3 is 11.9 Å². The first kappa shape index (κ1) is 14.8. The summed E-state index contributed by atoms with van der Waals surface area (Å²) in [5.41, 5.74) is -1.03. The fraction of sp³-hybridized carbons (Fsp3) is 0.143. The van der Waals surface area contributed by atoms with E-state index in [1.165, 1.54) is 0 Å². The van der Waals surface area contributed by atoms with E-state index < -0.39 is 22.4 Å². The molecular weight excluding hydrogens is 287 g/mol. The van der Waals surface area contributed by atoms with Crippen molar-refractivity contribution in [2.45, 2.75) is 12.8 Å². The van der Waals surface area contributed by atoms with Crippen LogP contribution in [-0.4, -0.2) is 4.92 Å². The number of ether oxygens (including phenoxy) is 1. The van der Waals surface area contributed by atoms with Gasteiger partial charge in [0.25, 0.3) is 0 Å². The van der Waals surface area contributed by atoms with Gasteiger partial charge in [0.1, 0.15) is 6.61 Å². The highest BCUT2D eigenvalue weighted by atomic mass is 19.4. The van der Waals surface area contributed by atoms with Crippen LogP contribution < -0.4 is 4.74 Å². The minimum atomic E-state index is -4.64. The van der Waals surface area contributed by atoms with Crippen LogP contribution in [0.15, 0.2) is 48.5 Å². The van der Waals surface area contributed by atoms with Crippen molar-refractivity contribution in [1.82, 2.24) is 0 Å². The maximum atomic E-state index is 12.6. The first-order valence-electron chi connectivity index (χ1n) is 5.90. The number of alkyl halides is 3. The highest BCUT2D eigenvalue weighted by molar-refractivity contribution is 5.49. The van der Waals surface area contributed by atoms with E-state index in [2.05, 4.69) is 0 Å². The number of hydrogen-bond donors (Lipinski definition) is 0. The number of nitro groups is 1. The van der Waals surface area contributed by atoms with Crippen molar-refractivity contribution >= 4 is 5.69 Å². The molecule has 0 radical (unpaired) electrons. The molecule has 0 fully saturated rings. The van der Waals surface area contributed by atoms with Crippen LogP contribution in [0.1, 0.15) is 11.1 Å². The lowest BCUT2D eigenvalue weighted by Crippen LogP contribution is -2.06. The molecule has 0 aliphatic rings. The smallest absolute Gasteiger partial charge is 0.416 e. The summed E-state index contributed by atoms with van der Waals surface area (Å²) in [6.45, 7) is 0.0348. The van der Waals surface area contributed by atoms with Gasteiger partial charge in [0.05, 0.1) is 10.5 Å². The van der Waals surface area contributed by atoms with E-state index >= 15 is 0 Å². The molecule has 4 nitrogen and oxygen atoms in total. The molecule has 0 aromatic heterocycles. The van der Waals surface area contributed by atoms with Gasteiger partial charge in [-0.05, 0) is 17.7 Å². The summed E-state index contributed by atoms with van der Waals surface area (Å²) >= 11 is 0. The monoisotopic (exact) mass is 297 g/mol. The summed E-state index contributed by atoms with van der Waals surface area (Å²) in [4.78, 5) is 9.98. The zero-order valence-corrected chi connectivity index (χ0v) is 10.6. The summed E-state index contributed by atoms with van der Waals surface area (Å²) < 4.78 is 42.9. The molecule has 2 aromatic carbocycles. The summed E-state index contributed by atoms with van der Waals surface area (Å²) in [5, 5.41) is 10.9. The molecule has 2 rings (SSSR count). The lowest BCUT2D eigenvalue weighted by molar-refractivity contribution is -0.386. The largest absolute Gasteiger partial charge is 0.482 e. The van der Waals surface area contributed by atoms with Gasteiger partial charge < -0.3 is 4.74 Å². The minimum absolute atomic E-state index is 0.0348. The molecule has 7 heteroatoms. The highest BCUT2D eigenvalue weighted by Crippen LogP contribution is 2.36. The van der Waals surface area contributed by atoms with Crippen LogP contribution >= 0.6 is 0 Å². The SMILES string of the molecule is O=[N+]([O-])c1cc(C(F)(F)F)ccc1OCc1ccccc1. The van der Waals surface area contributed by atoms with Gasteiger partial charge in [0.15, 0.2) is 5.75 Å². The fourth-order valence-electron chi connectivity index (χ4n) is 1.69. The Labute approximate surface area is 117 Å². The van der Waals surface area contributed by atoms with Crippen LogP contribution in [0.5, 0.6) is 5.75 Å². The van der Waals surface area contributed by atoms with Crippen molar-refractivity contribution in [3.8, 4) is 5.75 Å². The predicted octanol–water partition coefficient (Wildman–Crippen LogP) is 4.19. The van der Waals surface area contributed by atoms with E-state index in [0.29, 0.717) is 6.07 Å². The topological polar surface area (TPSA) is 52.4 Å². The van der Waals surface area contributed by atoms with Crippen molar-refractivity contribution in [2.24, 2.45) is 0 Å². The van der Waals surface area contributed by atoms with E-state index in [1.807, 2.05) is 0 Å². The Kier molecular flexibility index (Phi) is 4.11. The Morgan fingerprint density at radius 1 is 1.10 bits per heavy atom. The first-order valence-corrected chi connectivity index (χ1v) is 5.90. The molecule has 110 valence electrons. The van der Waals surface area contributed by atoms with E-state index in [-0.39, 0.29) is 12.4 Å². The molecule has 21 heavy (non-hydrogen) atoms. The van der Waals surface area contributed by atoms with Gasteiger partial charge in [-0.2, -0.15) is 13.2 Å². The van der Waals surface area contributed by atoms with Crippen molar-refractivity contribution in [3.05, 3.63) is 69.8 Å². The van der Waals surface area contributed by atoms with Gasteiger partial charge in [-0.25, -0.2) is 0 Å². The van der Waals surface area contributed by atoms with E-state index in [4.69, 9.17) is 4.74 Å². The third-order valence-corrected chi connectivity index (χ3v) is 2.72. The first-order chi connectivity index (χ1) is 9.88. The number of nitro benzene ring substituents is 1. The number of hydrogen-bond acceptors (Lipinski definition) is 3. The summed E-state index contributed by atoms with van der Waals surface area (Å²) in [7, 11) is 0. The molecule has 0 spiro atoms. The second-order valence-electron chi connectivity index (χ2n) is 4.21. The Bertz CT molecular complexity index is 642. The van der Waals surface area contributed by atoms with Crippen LogP contribution in [0, 0.1) is 10.1 Å². The van der Waals surface area contributed by atoms with Crippen molar-refractivity contribution in [3.63, 3.8) is 0 Å². The summed E-state index contributed by atoms with van der Waals surface area (Å²) in [5.74, 6) is -0.197. The number of nitrogens with zero attached hydrogens (tertiary/aromatic N) is 1. The molecule has 0 N–H and O–H groups in total. The molecule has 2 aromatic rings. The van der Waals surface area contributed by atoms with Crippen molar-refractivity contribution in [2.75, 3.05) is 0 Å². The maximum absolute atomic E-state index is 12.6. The van der Waals surface area contributed by atoms with Gasteiger partial charge in [-0.3, -0.25) is 10.1 Å². The second-order valence-corrected chi connectivity index (χ2v) is 4.21. The highest BCUT2D eigenvalue weighted by Gasteiger charge is 2.33. The number of rotatable bonds is 4. The Hall–Kier alpha value is -2.57. The zero-order valence-electron chi connectivity index (χ0n) is 10.6. The predicted molar refractivity (Wildman–Crippen MR) is 68.9 cm³/mol. The van der Waals surface area contributed by atoms with Crippen LogP contribution in [-0.2, 0) is 12.8 Å². The average molecular weight is 297 g/mol. The van der Waals surface area contributed by atoms with Crippen LogP contribution in [0.4, 0.5) is 18.9 Å². The number of benzene rings is 2. The molecule has 0 unspecified atom stereocenters. The van der Waals surface area contributed by atoms with E-state index in [1.54, 1.807) is 30.3 Å². The minimum Gasteiger partial charge on any atom is -0.482 e. The molecule has 0 amide bonds. The normalized spacial score (nSPS) is 11.2. The second kappa shape index (κ2) is 5.82. The van der Waals surface area contributed by atoms with Gasteiger partial charge in [-0.1, -0.05) is 30.3 Å². The summed E-state index contributed by atoms with van der Waals surface area (Å²) in [6.07, 6.45) is -4.64. The van der Waals surface area contributed by atoms with Crippen LogP contribution in [0.2, 0.25) is 0 Å². The van der Waals surface area contributed by atoms with Crippen molar-refractivity contribution in [1.29, 1.82) is 0 Å². The lowest BCUT2D eigenvalue weighted by atomic mass is 10.2. The maximum Gasteiger partial charge on any atom is 0.416 e. The number of halogens is 3. The molecule has 0 saturated heterocycles. The van der Waals surface area contributed by atoms with Crippen molar-refractivity contribution < 1.29 is 22.8 Å². The molecule has 0 aliphatic carbocycles. The zero-order chi connectivity index (χ0) is 15.5. The summed E-state index contributed by atoms with van der Waals surface area (Å²) in [6, 6.07) is 11.0. The molecule has 0 heterocycles. The van der Waals surface area contributed by atoms with E-state index in [9.17, 15) is 23.3 Å². The Morgan fingerprint density at radius 2 is 1.76 bits per heavy atom. The van der Waals surface area contributed by atoms with Crippen LogP contribution in [0.25, 0.3) is 0 Å². The quantitative estimate of drug-likeness (QED) is 0.628. The molecule has 0 aliphatic heterocycles. The molecule has 0 saturated carbocycles. The van der Waals surface area contributed by atoms with E-state index in [0.717, 1.165) is 17.7 Å². The molecule has 0 bridgehead atoms. The fourth-order valence-corrected chi connectivity index (χ4v) is 1.69. The average Bonchev–Trinajstić information content (AvgIpc) is 2.45.